The number of nitrogens with one attached hydrogen (secondary N) is 1. The number of likely N-dealkylation sites (tertiary alicyclic amines) is 1. The summed E-state index contributed by atoms with van der Waals surface area (Å²) in [5.41, 5.74) is 1.53. The topological polar surface area (TPSA) is 75.7 Å². The van der Waals surface area contributed by atoms with Crippen molar-refractivity contribution in [3.63, 3.8) is 0 Å². The van der Waals surface area contributed by atoms with E-state index >= 15 is 0 Å². The average molecular weight is 435 g/mol. The Morgan fingerprint density at radius 1 is 1.21 bits per heavy atom. The minimum absolute atomic E-state index is 0.115. The summed E-state index contributed by atoms with van der Waals surface area (Å²) in [4.78, 5) is 38.3. The van der Waals surface area contributed by atoms with Crippen molar-refractivity contribution >= 4 is 46.7 Å². The van der Waals surface area contributed by atoms with Crippen molar-refractivity contribution in [2.24, 2.45) is 0 Å². The zero-order valence-corrected chi connectivity index (χ0v) is 17.3. The molecule has 6 nitrogen and oxygen atoms in total. The van der Waals surface area contributed by atoms with Gasteiger partial charge in [-0.1, -0.05) is 35.3 Å². The minimum Gasteiger partial charge on any atom is -0.449 e. The van der Waals surface area contributed by atoms with E-state index in [4.69, 9.17) is 27.9 Å². The number of hydrogen-bond acceptors (Lipinski definition) is 4. The van der Waals surface area contributed by atoms with Gasteiger partial charge in [0.05, 0.1) is 16.3 Å². The van der Waals surface area contributed by atoms with Gasteiger partial charge < -0.3 is 15.0 Å². The van der Waals surface area contributed by atoms with Crippen LogP contribution in [0.4, 0.5) is 5.69 Å². The lowest BCUT2D eigenvalue weighted by Gasteiger charge is -2.17. The zero-order valence-electron chi connectivity index (χ0n) is 15.8. The van der Waals surface area contributed by atoms with Crippen molar-refractivity contribution in [1.82, 2.24) is 4.90 Å². The molecule has 2 amide bonds. The van der Waals surface area contributed by atoms with Crippen LogP contribution in [-0.2, 0) is 20.9 Å². The molecule has 2 aromatic rings. The molecule has 152 valence electrons. The van der Waals surface area contributed by atoms with E-state index in [9.17, 15) is 14.4 Å². The van der Waals surface area contributed by atoms with Crippen LogP contribution in [0.1, 0.15) is 35.7 Å². The minimum atomic E-state index is -1.03. The summed E-state index contributed by atoms with van der Waals surface area (Å²) in [6, 6.07) is 11.5. The third-order valence-corrected chi connectivity index (χ3v) is 5.10. The fourth-order valence-corrected chi connectivity index (χ4v) is 3.45. The van der Waals surface area contributed by atoms with Crippen molar-refractivity contribution in [1.29, 1.82) is 0 Å². The number of amides is 2. The summed E-state index contributed by atoms with van der Waals surface area (Å²) in [5.74, 6) is -1.02. The highest BCUT2D eigenvalue weighted by atomic mass is 35.5. The Balaban J connectivity index is 1.60. The SMILES string of the molecule is CC(OC(=O)c1cccc(CN2CCCC2=O)c1)C(=O)Nc1ccc(Cl)cc1Cl. The molecular formula is C21H20Cl2N2O4. The lowest BCUT2D eigenvalue weighted by molar-refractivity contribution is -0.128. The number of carbonyl (C=O) groups excluding carboxylic acids is 3. The summed E-state index contributed by atoms with van der Waals surface area (Å²) in [7, 11) is 0. The summed E-state index contributed by atoms with van der Waals surface area (Å²) in [5, 5.41) is 3.34. The first-order valence-corrected chi connectivity index (χ1v) is 9.92. The quantitative estimate of drug-likeness (QED) is 0.687. The van der Waals surface area contributed by atoms with Gasteiger partial charge in [0.2, 0.25) is 5.91 Å². The van der Waals surface area contributed by atoms with E-state index in [0.29, 0.717) is 29.2 Å². The molecule has 1 heterocycles. The van der Waals surface area contributed by atoms with E-state index in [1.807, 2.05) is 6.07 Å². The van der Waals surface area contributed by atoms with Gasteiger partial charge in [-0.25, -0.2) is 4.79 Å². The molecule has 1 unspecified atom stereocenters. The molecule has 1 aliphatic rings. The number of rotatable bonds is 6. The maximum absolute atomic E-state index is 12.5. The van der Waals surface area contributed by atoms with Crippen LogP contribution in [0.2, 0.25) is 10.0 Å². The molecule has 0 spiro atoms. The summed E-state index contributed by atoms with van der Waals surface area (Å²) in [6.45, 7) is 2.65. The highest BCUT2D eigenvalue weighted by Crippen LogP contribution is 2.25. The molecule has 1 fully saturated rings. The van der Waals surface area contributed by atoms with Crippen LogP contribution < -0.4 is 5.32 Å². The number of hydrogen-bond donors (Lipinski definition) is 1. The van der Waals surface area contributed by atoms with Crippen molar-refractivity contribution in [3.05, 3.63) is 63.6 Å². The van der Waals surface area contributed by atoms with E-state index in [0.717, 1.165) is 18.5 Å². The average Bonchev–Trinajstić information content (AvgIpc) is 3.08. The van der Waals surface area contributed by atoms with Crippen LogP contribution in [-0.4, -0.2) is 35.3 Å². The normalized spacial score (nSPS) is 14.6. The molecule has 0 saturated carbocycles. The van der Waals surface area contributed by atoms with Crippen molar-refractivity contribution in [2.45, 2.75) is 32.4 Å². The lowest BCUT2D eigenvalue weighted by Crippen LogP contribution is -2.30. The van der Waals surface area contributed by atoms with Gasteiger partial charge in [-0.3, -0.25) is 9.59 Å². The molecule has 1 N–H and O–H groups in total. The molecule has 29 heavy (non-hydrogen) atoms. The van der Waals surface area contributed by atoms with E-state index < -0.39 is 18.0 Å². The number of benzene rings is 2. The summed E-state index contributed by atoms with van der Waals surface area (Å²) >= 11 is 11.9. The summed E-state index contributed by atoms with van der Waals surface area (Å²) < 4.78 is 5.28. The first-order chi connectivity index (χ1) is 13.8. The number of anilines is 1. The standard InChI is InChI=1S/C21H20Cl2N2O4/c1-13(20(27)24-18-8-7-16(22)11-17(18)23)29-21(28)15-5-2-4-14(10-15)12-25-9-3-6-19(25)26/h2,4-5,7-8,10-11,13H,3,6,9,12H2,1H3,(H,24,27). The molecule has 0 radical (unpaired) electrons. The second kappa shape index (κ2) is 9.29. The van der Waals surface area contributed by atoms with Crippen LogP contribution >= 0.6 is 23.2 Å². The second-order valence-corrected chi connectivity index (χ2v) is 7.62. The number of esters is 1. The largest absolute Gasteiger partial charge is 0.449 e. The van der Waals surface area contributed by atoms with Crippen LogP contribution in [0.3, 0.4) is 0 Å². The number of ether oxygens (including phenoxy) is 1. The van der Waals surface area contributed by atoms with Crippen LogP contribution in [0.15, 0.2) is 42.5 Å². The molecule has 3 rings (SSSR count). The zero-order chi connectivity index (χ0) is 21.0. The van der Waals surface area contributed by atoms with Crippen LogP contribution in [0, 0.1) is 0 Å². The molecule has 2 aromatic carbocycles. The molecule has 1 saturated heterocycles. The third-order valence-electron chi connectivity index (χ3n) is 4.55. The monoisotopic (exact) mass is 434 g/mol. The Labute approximate surface area is 178 Å². The molecule has 1 atom stereocenters. The van der Waals surface area contributed by atoms with Gasteiger partial charge in [0.15, 0.2) is 6.10 Å². The number of halogens is 2. The van der Waals surface area contributed by atoms with Gasteiger partial charge in [0.1, 0.15) is 0 Å². The van der Waals surface area contributed by atoms with E-state index in [1.54, 1.807) is 35.2 Å². The Hall–Kier alpha value is -2.57. The fourth-order valence-electron chi connectivity index (χ4n) is 3.00. The Kier molecular flexibility index (Phi) is 6.77. The van der Waals surface area contributed by atoms with E-state index in [2.05, 4.69) is 5.32 Å². The molecular weight excluding hydrogens is 415 g/mol. The van der Waals surface area contributed by atoms with Crippen molar-refractivity contribution < 1.29 is 19.1 Å². The van der Waals surface area contributed by atoms with Gasteiger partial charge in [-0.15, -0.1) is 0 Å². The third kappa shape index (κ3) is 5.49. The van der Waals surface area contributed by atoms with Gasteiger partial charge in [-0.2, -0.15) is 0 Å². The molecule has 1 aliphatic heterocycles. The predicted octanol–water partition coefficient (Wildman–Crippen LogP) is 4.30. The summed E-state index contributed by atoms with van der Waals surface area (Å²) in [6.07, 6.45) is 0.384. The molecule has 0 bridgehead atoms. The van der Waals surface area contributed by atoms with Gasteiger partial charge in [0.25, 0.3) is 5.91 Å². The highest BCUT2D eigenvalue weighted by Gasteiger charge is 2.22. The maximum atomic E-state index is 12.5. The number of carbonyl (C=O) groups is 3. The number of nitrogens with zero attached hydrogens (tertiary/aromatic N) is 1. The first-order valence-electron chi connectivity index (χ1n) is 9.17. The molecule has 0 aliphatic carbocycles. The van der Waals surface area contributed by atoms with Gasteiger partial charge in [0, 0.05) is 24.5 Å². The fraction of sp³-hybridized carbons (Fsp3) is 0.286. The van der Waals surface area contributed by atoms with Crippen LogP contribution in [0.5, 0.6) is 0 Å². The van der Waals surface area contributed by atoms with Crippen molar-refractivity contribution in [2.75, 3.05) is 11.9 Å². The second-order valence-electron chi connectivity index (χ2n) is 6.78. The van der Waals surface area contributed by atoms with E-state index in [-0.39, 0.29) is 10.9 Å². The Morgan fingerprint density at radius 2 is 2.00 bits per heavy atom. The first kappa shape index (κ1) is 21.1. The van der Waals surface area contributed by atoms with E-state index in [1.165, 1.54) is 13.0 Å². The Morgan fingerprint density at radius 3 is 2.69 bits per heavy atom. The molecule has 0 aromatic heterocycles. The Bertz CT molecular complexity index is 948. The van der Waals surface area contributed by atoms with Crippen molar-refractivity contribution in [3.8, 4) is 0 Å². The van der Waals surface area contributed by atoms with Gasteiger partial charge >= 0.3 is 5.97 Å². The predicted molar refractivity (Wildman–Crippen MR) is 111 cm³/mol. The molecule has 8 heteroatoms. The lowest BCUT2D eigenvalue weighted by atomic mass is 10.1. The highest BCUT2D eigenvalue weighted by molar-refractivity contribution is 6.36. The smallest absolute Gasteiger partial charge is 0.338 e. The van der Waals surface area contributed by atoms with Crippen LogP contribution in [0.25, 0.3) is 0 Å². The van der Waals surface area contributed by atoms with Gasteiger partial charge in [-0.05, 0) is 49.2 Å². The maximum Gasteiger partial charge on any atom is 0.338 e.